The third-order valence-electron chi connectivity index (χ3n) is 3.26. The van der Waals surface area contributed by atoms with E-state index in [1.54, 1.807) is 14.2 Å². The highest BCUT2D eigenvalue weighted by molar-refractivity contribution is 5.47. The molecule has 1 atom stereocenters. The van der Waals surface area contributed by atoms with Gasteiger partial charge in [0.2, 0.25) is 0 Å². The van der Waals surface area contributed by atoms with Crippen LogP contribution in [0.15, 0.2) is 12.1 Å². The van der Waals surface area contributed by atoms with Crippen molar-refractivity contribution in [3.63, 3.8) is 0 Å². The number of hydrogen-bond acceptors (Lipinski definition) is 3. The number of hydrogen-bond donors (Lipinski definition) is 1. The van der Waals surface area contributed by atoms with E-state index in [0.717, 1.165) is 30.9 Å². The number of methoxy groups -OCH3 is 2. The molecule has 0 saturated heterocycles. The zero-order valence-corrected chi connectivity index (χ0v) is 11.2. The van der Waals surface area contributed by atoms with E-state index < -0.39 is 0 Å². The second kappa shape index (κ2) is 6.50. The minimum atomic E-state index is 0.534. The van der Waals surface area contributed by atoms with Gasteiger partial charge in [0.05, 0.1) is 14.2 Å². The average molecular weight is 237 g/mol. The van der Waals surface area contributed by atoms with E-state index in [9.17, 15) is 0 Å². The van der Waals surface area contributed by atoms with Gasteiger partial charge in [-0.3, -0.25) is 0 Å². The van der Waals surface area contributed by atoms with Gasteiger partial charge in [-0.05, 0) is 49.1 Å². The zero-order valence-electron chi connectivity index (χ0n) is 11.2. The number of nitrogens with two attached hydrogens (primary N) is 1. The van der Waals surface area contributed by atoms with Crippen molar-refractivity contribution in [3.05, 3.63) is 23.3 Å². The van der Waals surface area contributed by atoms with Crippen LogP contribution in [0.4, 0.5) is 0 Å². The summed E-state index contributed by atoms with van der Waals surface area (Å²) in [4.78, 5) is 0. The Bertz CT molecular complexity index is 359. The molecule has 96 valence electrons. The van der Waals surface area contributed by atoms with Crippen LogP contribution < -0.4 is 15.2 Å². The van der Waals surface area contributed by atoms with Crippen molar-refractivity contribution in [1.29, 1.82) is 0 Å². The first-order valence-electron chi connectivity index (χ1n) is 6.07. The average Bonchev–Trinajstić information content (AvgIpc) is 2.36. The van der Waals surface area contributed by atoms with Crippen LogP contribution in [-0.2, 0) is 6.42 Å². The summed E-state index contributed by atoms with van der Waals surface area (Å²) in [5, 5.41) is 0. The van der Waals surface area contributed by atoms with Crippen LogP contribution in [0.5, 0.6) is 11.5 Å². The fourth-order valence-electron chi connectivity index (χ4n) is 1.95. The third kappa shape index (κ3) is 3.37. The van der Waals surface area contributed by atoms with E-state index >= 15 is 0 Å². The molecule has 0 aliphatic carbocycles. The predicted molar refractivity (Wildman–Crippen MR) is 70.8 cm³/mol. The van der Waals surface area contributed by atoms with Crippen molar-refractivity contribution in [1.82, 2.24) is 0 Å². The molecule has 0 spiro atoms. The lowest BCUT2D eigenvalue weighted by Crippen LogP contribution is -2.16. The third-order valence-corrected chi connectivity index (χ3v) is 3.26. The van der Waals surface area contributed by atoms with Crippen LogP contribution in [-0.4, -0.2) is 20.8 Å². The summed E-state index contributed by atoms with van der Waals surface area (Å²) < 4.78 is 10.6. The second-order valence-corrected chi connectivity index (χ2v) is 4.35. The molecule has 0 fully saturated rings. The molecule has 0 aliphatic heterocycles. The lowest BCUT2D eigenvalue weighted by atomic mass is 9.94. The quantitative estimate of drug-likeness (QED) is 0.827. The highest BCUT2D eigenvalue weighted by Gasteiger charge is 2.12. The molecule has 0 amide bonds. The van der Waals surface area contributed by atoms with Crippen molar-refractivity contribution in [2.24, 2.45) is 11.7 Å². The van der Waals surface area contributed by atoms with Crippen molar-refractivity contribution in [3.8, 4) is 11.5 Å². The van der Waals surface area contributed by atoms with Gasteiger partial charge in [0.1, 0.15) is 0 Å². The Morgan fingerprint density at radius 3 is 2.24 bits per heavy atom. The van der Waals surface area contributed by atoms with E-state index in [4.69, 9.17) is 15.2 Å². The number of aryl methyl sites for hydroxylation is 1. The molecule has 1 rings (SSSR count). The van der Waals surface area contributed by atoms with Gasteiger partial charge in [-0.15, -0.1) is 0 Å². The summed E-state index contributed by atoms with van der Waals surface area (Å²) >= 11 is 0. The molecule has 1 unspecified atom stereocenters. The summed E-state index contributed by atoms with van der Waals surface area (Å²) in [7, 11) is 3.32. The van der Waals surface area contributed by atoms with Crippen LogP contribution in [0.3, 0.4) is 0 Å². The normalized spacial score (nSPS) is 12.3. The Morgan fingerprint density at radius 2 is 1.76 bits per heavy atom. The molecule has 0 bridgehead atoms. The molecule has 1 aromatic rings. The zero-order chi connectivity index (χ0) is 12.8. The Kier molecular flexibility index (Phi) is 5.29. The van der Waals surface area contributed by atoms with Crippen LogP contribution in [0.2, 0.25) is 0 Å². The van der Waals surface area contributed by atoms with E-state index in [-0.39, 0.29) is 0 Å². The summed E-state index contributed by atoms with van der Waals surface area (Å²) in [5.74, 6) is 2.11. The summed E-state index contributed by atoms with van der Waals surface area (Å²) in [5.41, 5.74) is 8.27. The molecule has 3 nitrogen and oxygen atoms in total. The minimum absolute atomic E-state index is 0.534. The molecule has 17 heavy (non-hydrogen) atoms. The number of benzene rings is 1. The first-order chi connectivity index (χ1) is 8.15. The van der Waals surface area contributed by atoms with E-state index in [1.165, 1.54) is 11.1 Å². The molecular weight excluding hydrogens is 214 g/mol. The monoisotopic (exact) mass is 237 g/mol. The minimum Gasteiger partial charge on any atom is -0.493 e. The smallest absolute Gasteiger partial charge is 0.161 e. The number of rotatable bonds is 6. The van der Waals surface area contributed by atoms with Gasteiger partial charge in [0.15, 0.2) is 11.5 Å². The molecule has 0 heterocycles. The van der Waals surface area contributed by atoms with Crippen molar-refractivity contribution < 1.29 is 9.47 Å². The lowest BCUT2D eigenvalue weighted by molar-refractivity contribution is 0.354. The maximum Gasteiger partial charge on any atom is 0.161 e. The van der Waals surface area contributed by atoms with Crippen LogP contribution in [0.1, 0.15) is 24.5 Å². The van der Waals surface area contributed by atoms with Gasteiger partial charge >= 0.3 is 0 Å². The Labute approximate surface area is 104 Å². The van der Waals surface area contributed by atoms with Crippen LogP contribution in [0.25, 0.3) is 0 Å². The van der Waals surface area contributed by atoms with Gasteiger partial charge in [-0.1, -0.05) is 13.3 Å². The van der Waals surface area contributed by atoms with E-state index in [2.05, 4.69) is 19.9 Å². The Balaban J connectivity index is 2.99. The van der Waals surface area contributed by atoms with Crippen molar-refractivity contribution in [2.45, 2.75) is 26.7 Å². The Hall–Kier alpha value is -1.22. The standard InChI is InChI=1S/C14H23NO2/c1-5-11(9-15)7-12-8-14(17-4)13(16-3)6-10(12)2/h6,8,11H,5,7,9,15H2,1-4H3. The maximum atomic E-state index is 5.75. The predicted octanol–water partition coefficient (Wildman–Crippen LogP) is 2.54. The first kappa shape index (κ1) is 13.8. The topological polar surface area (TPSA) is 44.5 Å². The van der Waals surface area contributed by atoms with Gasteiger partial charge < -0.3 is 15.2 Å². The lowest BCUT2D eigenvalue weighted by Gasteiger charge is -2.16. The maximum absolute atomic E-state index is 5.75. The molecule has 3 heteroatoms. The Morgan fingerprint density at radius 1 is 1.18 bits per heavy atom. The molecular formula is C14H23NO2. The highest BCUT2D eigenvalue weighted by Crippen LogP contribution is 2.31. The van der Waals surface area contributed by atoms with Crippen molar-refractivity contribution in [2.75, 3.05) is 20.8 Å². The fourth-order valence-corrected chi connectivity index (χ4v) is 1.95. The summed E-state index contributed by atoms with van der Waals surface area (Å²) in [6.45, 7) is 5.00. The second-order valence-electron chi connectivity index (χ2n) is 4.35. The molecule has 1 aromatic carbocycles. The summed E-state index contributed by atoms with van der Waals surface area (Å²) in [6.07, 6.45) is 2.10. The van der Waals surface area contributed by atoms with E-state index in [1.807, 2.05) is 6.07 Å². The molecule has 0 radical (unpaired) electrons. The summed E-state index contributed by atoms with van der Waals surface area (Å²) in [6, 6.07) is 4.09. The van der Waals surface area contributed by atoms with Gasteiger partial charge in [0, 0.05) is 0 Å². The molecule has 0 aromatic heterocycles. The van der Waals surface area contributed by atoms with Gasteiger partial charge in [0.25, 0.3) is 0 Å². The SMILES string of the molecule is CCC(CN)Cc1cc(OC)c(OC)cc1C. The molecule has 0 aliphatic rings. The van der Waals surface area contributed by atoms with Gasteiger partial charge in [-0.2, -0.15) is 0 Å². The van der Waals surface area contributed by atoms with E-state index in [0.29, 0.717) is 5.92 Å². The van der Waals surface area contributed by atoms with Crippen LogP contribution >= 0.6 is 0 Å². The first-order valence-corrected chi connectivity index (χ1v) is 6.07. The highest BCUT2D eigenvalue weighted by atomic mass is 16.5. The number of ether oxygens (including phenoxy) is 2. The van der Waals surface area contributed by atoms with Gasteiger partial charge in [-0.25, -0.2) is 0 Å². The molecule has 2 N–H and O–H groups in total. The van der Waals surface area contributed by atoms with Crippen molar-refractivity contribution >= 4 is 0 Å². The fraction of sp³-hybridized carbons (Fsp3) is 0.571. The largest absolute Gasteiger partial charge is 0.493 e. The molecule has 0 saturated carbocycles. The van der Waals surface area contributed by atoms with Crippen LogP contribution in [0, 0.1) is 12.8 Å².